The van der Waals surface area contributed by atoms with E-state index >= 15 is 0 Å². The maximum Gasteiger partial charge on any atom is 0.291 e. The molecular weight excluding hydrogens is 376 g/mol. The van der Waals surface area contributed by atoms with Gasteiger partial charge in [0, 0.05) is 24.4 Å². The Morgan fingerprint density at radius 2 is 1.80 bits per heavy atom. The van der Waals surface area contributed by atoms with Crippen LogP contribution in [0.3, 0.4) is 0 Å². The molecule has 0 aliphatic rings. The number of para-hydroxylation sites is 1. The number of nitrogens with zero attached hydrogens (tertiary/aromatic N) is 3. The smallest absolute Gasteiger partial charge is 0.291 e. The lowest BCUT2D eigenvalue weighted by Crippen LogP contribution is -2.34. The van der Waals surface area contributed by atoms with E-state index in [0.29, 0.717) is 18.5 Å². The number of nitrogens with one attached hydrogen (secondary N) is 1. The summed E-state index contributed by atoms with van der Waals surface area (Å²) < 4.78 is 3.21. The summed E-state index contributed by atoms with van der Waals surface area (Å²) in [4.78, 5) is 26.0. The number of amides is 1. The number of rotatable bonds is 7. The van der Waals surface area contributed by atoms with Crippen LogP contribution in [0.4, 0.5) is 0 Å². The molecule has 154 valence electrons. The fourth-order valence-corrected chi connectivity index (χ4v) is 4.06. The third kappa shape index (κ3) is 3.61. The molecule has 0 aliphatic carbocycles. The summed E-state index contributed by atoms with van der Waals surface area (Å²) in [5.41, 5.74) is 2.47. The van der Waals surface area contributed by atoms with Gasteiger partial charge < -0.3 is 9.88 Å². The van der Waals surface area contributed by atoms with E-state index in [4.69, 9.17) is 0 Å². The molecule has 6 nitrogen and oxygen atoms in total. The maximum atomic E-state index is 13.1. The van der Waals surface area contributed by atoms with E-state index in [1.54, 1.807) is 13.2 Å². The molecule has 0 radical (unpaired) electrons. The Hall–Kier alpha value is -3.41. The molecule has 0 saturated carbocycles. The highest BCUT2D eigenvalue weighted by Gasteiger charge is 2.25. The number of benzene rings is 2. The van der Waals surface area contributed by atoms with Gasteiger partial charge in [0.2, 0.25) is 5.91 Å². The average molecular weight is 402 g/mol. The van der Waals surface area contributed by atoms with Gasteiger partial charge in [-0.2, -0.15) is 5.10 Å². The molecule has 2 aromatic heterocycles. The normalized spacial score (nSPS) is 12.3. The summed E-state index contributed by atoms with van der Waals surface area (Å²) in [6.07, 6.45) is 4.08. The van der Waals surface area contributed by atoms with Crippen LogP contribution in [0.1, 0.15) is 31.4 Å². The van der Waals surface area contributed by atoms with Gasteiger partial charge >= 0.3 is 0 Å². The molecule has 1 amide bonds. The van der Waals surface area contributed by atoms with Gasteiger partial charge in [-0.1, -0.05) is 55.5 Å². The van der Waals surface area contributed by atoms with E-state index in [1.165, 1.54) is 10.2 Å². The van der Waals surface area contributed by atoms with Crippen molar-refractivity contribution in [3.8, 4) is 0 Å². The number of hydrogen-bond donors (Lipinski definition) is 1. The standard InChI is InChI=1S/C24H26N4O2/c1-3-20(23(29)25-15-9-12-17-10-5-4-6-11-17)28-21-14-8-7-13-18(21)19-16-26-27(2)24(30)22(19)28/h4-8,10-11,13-14,16,20H,3,9,12,15H2,1-2H3,(H,25,29)/t20-/m0/s1. The summed E-state index contributed by atoms with van der Waals surface area (Å²) in [7, 11) is 1.63. The molecule has 4 aromatic rings. The maximum absolute atomic E-state index is 13.1. The molecule has 30 heavy (non-hydrogen) atoms. The lowest BCUT2D eigenvalue weighted by molar-refractivity contribution is -0.124. The molecule has 0 unspecified atom stereocenters. The van der Waals surface area contributed by atoms with E-state index in [9.17, 15) is 9.59 Å². The predicted octanol–water partition coefficient (Wildman–Crippen LogP) is 3.59. The molecule has 0 aliphatic heterocycles. The summed E-state index contributed by atoms with van der Waals surface area (Å²) in [6, 6.07) is 17.6. The molecular formula is C24H26N4O2. The van der Waals surface area contributed by atoms with Crippen molar-refractivity contribution in [3.05, 3.63) is 76.7 Å². The number of aromatic nitrogens is 3. The van der Waals surface area contributed by atoms with Crippen molar-refractivity contribution in [2.24, 2.45) is 7.05 Å². The number of carbonyl (C=O) groups is 1. The summed E-state index contributed by atoms with van der Waals surface area (Å²) in [6.45, 7) is 2.57. The Labute approximate surface area is 175 Å². The third-order valence-electron chi connectivity index (χ3n) is 5.59. The second kappa shape index (κ2) is 8.53. The zero-order valence-electron chi connectivity index (χ0n) is 17.3. The van der Waals surface area contributed by atoms with Gasteiger partial charge in [-0.05, 0) is 30.9 Å². The van der Waals surface area contributed by atoms with Crippen molar-refractivity contribution in [2.45, 2.75) is 32.2 Å². The first-order valence-corrected chi connectivity index (χ1v) is 10.4. The van der Waals surface area contributed by atoms with Crippen LogP contribution < -0.4 is 10.9 Å². The minimum Gasteiger partial charge on any atom is -0.354 e. The first-order valence-electron chi connectivity index (χ1n) is 10.4. The minimum atomic E-state index is -0.459. The van der Waals surface area contributed by atoms with Gasteiger partial charge in [0.05, 0.1) is 11.7 Å². The Morgan fingerprint density at radius 1 is 1.07 bits per heavy atom. The van der Waals surface area contributed by atoms with E-state index in [2.05, 4.69) is 22.5 Å². The van der Waals surface area contributed by atoms with Gasteiger partial charge in [0.1, 0.15) is 11.6 Å². The fraction of sp³-hybridized carbons (Fsp3) is 0.292. The molecule has 0 saturated heterocycles. The van der Waals surface area contributed by atoms with Crippen molar-refractivity contribution in [3.63, 3.8) is 0 Å². The van der Waals surface area contributed by atoms with Gasteiger partial charge in [-0.15, -0.1) is 0 Å². The van der Waals surface area contributed by atoms with Crippen LogP contribution in [-0.4, -0.2) is 26.8 Å². The largest absolute Gasteiger partial charge is 0.354 e. The number of hydrogen-bond acceptors (Lipinski definition) is 3. The second-order valence-electron chi connectivity index (χ2n) is 7.53. The van der Waals surface area contributed by atoms with Crippen molar-refractivity contribution in [1.29, 1.82) is 0 Å². The first-order chi connectivity index (χ1) is 14.6. The second-order valence-corrected chi connectivity index (χ2v) is 7.53. The lowest BCUT2D eigenvalue weighted by atomic mass is 10.1. The van der Waals surface area contributed by atoms with Gasteiger partial charge in [-0.3, -0.25) is 9.59 Å². The predicted molar refractivity (Wildman–Crippen MR) is 120 cm³/mol. The summed E-state index contributed by atoms with van der Waals surface area (Å²) >= 11 is 0. The van der Waals surface area contributed by atoms with E-state index < -0.39 is 6.04 Å². The third-order valence-corrected chi connectivity index (χ3v) is 5.59. The number of carbonyl (C=O) groups excluding carboxylic acids is 1. The first kappa shape index (κ1) is 19.9. The lowest BCUT2D eigenvalue weighted by Gasteiger charge is -2.19. The molecule has 4 rings (SSSR count). The Balaban J connectivity index is 1.62. The quantitative estimate of drug-likeness (QED) is 0.480. The minimum absolute atomic E-state index is 0.0629. The van der Waals surface area contributed by atoms with Gasteiger partial charge in [-0.25, -0.2) is 4.68 Å². The van der Waals surface area contributed by atoms with Crippen molar-refractivity contribution >= 4 is 27.7 Å². The van der Waals surface area contributed by atoms with Crippen molar-refractivity contribution in [2.75, 3.05) is 6.54 Å². The highest BCUT2D eigenvalue weighted by molar-refractivity contribution is 6.08. The monoisotopic (exact) mass is 402 g/mol. The zero-order valence-corrected chi connectivity index (χ0v) is 17.3. The van der Waals surface area contributed by atoms with E-state index in [1.807, 2.05) is 54.0 Å². The van der Waals surface area contributed by atoms with Gasteiger partial charge in [0.15, 0.2) is 0 Å². The fourth-order valence-electron chi connectivity index (χ4n) is 4.06. The highest BCUT2D eigenvalue weighted by Crippen LogP contribution is 2.30. The molecule has 0 spiro atoms. The van der Waals surface area contributed by atoms with Crippen molar-refractivity contribution < 1.29 is 4.79 Å². The Bertz CT molecular complexity index is 1240. The topological polar surface area (TPSA) is 68.9 Å². The van der Waals surface area contributed by atoms with E-state index in [-0.39, 0.29) is 11.5 Å². The van der Waals surface area contributed by atoms with Crippen LogP contribution in [0.25, 0.3) is 21.8 Å². The van der Waals surface area contributed by atoms with Crippen molar-refractivity contribution in [1.82, 2.24) is 19.7 Å². The van der Waals surface area contributed by atoms with Crippen LogP contribution >= 0.6 is 0 Å². The van der Waals surface area contributed by atoms with Crippen LogP contribution in [0.15, 0.2) is 65.6 Å². The molecule has 2 heterocycles. The highest BCUT2D eigenvalue weighted by atomic mass is 16.2. The van der Waals surface area contributed by atoms with E-state index in [0.717, 1.165) is 29.1 Å². The Kier molecular flexibility index (Phi) is 5.65. The van der Waals surface area contributed by atoms with Crippen LogP contribution in [0.5, 0.6) is 0 Å². The molecule has 1 N–H and O–H groups in total. The molecule has 2 aromatic carbocycles. The SMILES string of the molecule is CC[C@@H](C(=O)NCCCc1ccccc1)n1c2ccccc2c2cnn(C)c(=O)c21. The number of aryl methyl sites for hydroxylation is 2. The average Bonchev–Trinajstić information content (AvgIpc) is 3.10. The van der Waals surface area contributed by atoms with Crippen LogP contribution in [-0.2, 0) is 18.3 Å². The molecule has 6 heteroatoms. The van der Waals surface area contributed by atoms with Crippen LogP contribution in [0, 0.1) is 0 Å². The zero-order chi connectivity index (χ0) is 21.1. The number of fused-ring (bicyclic) bond motifs is 3. The summed E-state index contributed by atoms with van der Waals surface area (Å²) in [5, 5.41) is 8.97. The van der Waals surface area contributed by atoms with Crippen LogP contribution in [0.2, 0.25) is 0 Å². The summed E-state index contributed by atoms with van der Waals surface area (Å²) in [5.74, 6) is -0.0629. The molecule has 1 atom stereocenters. The van der Waals surface area contributed by atoms with Gasteiger partial charge in [0.25, 0.3) is 5.56 Å². The Morgan fingerprint density at radius 3 is 2.57 bits per heavy atom. The molecule has 0 bridgehead atoms. The molecule has 0 fully saturated rings.